The summed E-state index contributed by atoms with van der Waals surface area (Å²) >= 11 is 0. The summed E-state index contributed by atoms with van der Waals surface area (Å²) in [5, 5.41) is 11.1. The molecule has 2 nitrogen and oxygen atoms in total. The molecule has 0 amide bonds. The largest absolute Gasteiger partial charge is 0.392 e. The Morgan fingerprint density at radius 1 is 1.14 bits per heavy atom. The van der Waals surface area contributed by atoms with E-state index < -0.39 is 11.5 Å². The molecule has 2 aromatic carbocycles. The van der Waals surface area contributed by atoms with Crippen LogP contribution in [-0.4, -0.2) is 17.0 Å². The van der Waals surface area contributed by atoms with E-state index in [1.54, 1.807) is 24.3 Å². The third-order valence-corrected chi connectivity index (χ3v) is 6.33. The van der Waals surface area contributed by atoms with E-state index in [2.05, 4.69) is 12.1 Å². The molecule has 0 saturated heterocycles. The summed E-state index contributed by atoms with van der Waals surface area (Å²) < 4.78 is 14.2. The van der Waals surface area contributed by atoms with Crippen LogP contribution in [0.25, 0.3) is 6.08 Å². The highest BCUT2D eigenvalue weighted by Gasteiger charge is 2.48. The van der Waals surface area contributed by atoms with Gasteiger partial charge in [-0.3, -0.25) is 4.79 Å². The minimum Gasteiger partial charge on any atom is -0.392 e. The van der Waals surface area contributed by atoms with Gasteiger partial charge < -0.3 is 5.11 Å². The van der Waals surface area contributed by atoms with E-state index in [0.29, 0.717) is 24.0 Å². The highest BCUT2D eigenvalue weighted by atomic mass is 19.1. The van der Waals surface area contributed by atoms with E-state index in [9.17, 15) is 14.3 Å². The first kappa shape index (κ1) is 18.8. The molecule has 144 valence electrons. The first-order valence-corrected chi connectivity index (χ1v) is 9.93. The van der Waals surface area contributed by atoms with Gasteiger partial charge in [0.25, 0.3) is 0 Å². The van der Waals surface area contributed by atoms with E-state index in [1.165, 1.54) is 6.07 Å². The number of carbonyl (C=O) groups is 1. The van der Waals surface area contributed by atoms with Crippen molar-refractivity contribution in [2.75, 3.05) is 0 Å². The Kier molecular flexibility index (Phi) is 5.03. The van der Waals surface area contributed by atoms with Crippen molar-refractivity contribution in [2.24, 2.45) is 5.41 Å². The van der Waals surface area contributed by atoms with Crippen molar-refractivity contribution in [3.63, 3.8) is 0 Å². The second kappa shape index (κ2) is 7.48. The highest BCUT2D eigenvalue weighted by molar-refractivity contribution is 6.12. The number of hydrogen-bond donors (Lipinski definition) is 1. The van der Waals surface area contributed by atoms with Crippen LogP contribution in [0.2, 0.25) is 0 Å². The van der Waals surface area contributed by atoms with E-state index in [4.69, 9.17) is 0 Å². The summed E-state index contributed by atoms with van der Waals surface area (Å²) in [4.78, 5) is 13.1. The van der Waals surface area contributed by atoms with Gasteiger partial charge in [-0.1, -0.05) is 54.1 Å². The average molecular weight is 376 g/mol. The molecule has 1 N–H and O–H groups in total. The van der Waals surface area contributed by atoms with Crippen molar-refractivity contribution in [3.05, 3.63) is 88.3 Å². The lowest BCUT2D eigenvalue weighted by Crippen LogP contribution is -2.46. The van der Waals surface area contributed by atoms with Crippen LogP contribution in [0.5, 0.6) is 0 Å². The molecule has 0 bridgehead atoms. The normalized spacial score (nSPS) is 26.5. The van der Waals surface area contributed by atoms with E-state index >= 15 is 0 Å². The van der Waals surface area contributed by atoms with Crippen LogP contribution in [0, 0.1) is 11.2 Å². The zero-order chi connectivity index (χ0) is 19.7. The quantitative estimate of drug-likeness (QED) is 0.741. The molecule has 4 rings (SSSR count). The average Bonchev–Trinajstić information content (AvgIpc) is 2.70. The van der Waals surface area contributed by atoms with Crippen LogP contribution in [0.1, 0.15) is 43.7 Å². The van der Waals surface area contributed by atoms with Gasteiger partial charge in [0.2, 0.25) is 0 Å². The molecule has 0 unspecified atom stereocenters. The molecular formula is C25H25FO2. The number of carbonyl (C=O) groups excluding carboxylic acids is 1. The Morgan fingerprint density at radius 2 is 1.86 bits per heavy atom. The Morgan fingerprint density at radius 3 is 2.61 bits per heavy atom. The summed E-state index contributed by atoms with van der Waals surface area (Å²) in [6, 6.07) is 16.6. The zero-order valence-electron chi connectivity index (χ0n) is 16.1. The number of aliphatic hydroxyl groups excluding tert-OH is 1. The molecule has 1 saturated carbocycles. The van der Waals surface area contributed by atoms with Gasteiger partial charge >= 0.3 is 0 Å². The summed E-state index contributed by atoms with van der Waals surface area (Å²) in [6.45, 7) is 1.86. The van der Waals surface area contributed by atoms with Gasteiger partial charge in [-0.25, -0.2) is 4.39 Å². The predicted octanol–water partition coefficient (Wildman–Crippen LogP) is 5.27. The fourth-order valence-corrected chi connectivity index (χ4v) is 4.93. The van der Waals surface area contributed by atoms with Gasteiger partial charge in [0.05, 0.1) is 6.10 Å². The molecule has 0 aliphatic heterocycles. The number of aliphatic hydroxyl groups is 1. The van der Waals surface area contributed by atoms with Crippen molar-refractivity contribution in [1.82, 2.24) is 0 Å². The van der Waals surface area contributed by atoms with Gasteiger partial charge in [0, 0.05) is 16.6 Å². The van der Waals surface area contributed by atoms with Crippen LogP contribution < -0.4 is 0 Å². The molecule has 2 aliphatic rings. The van der Waals surface area contributed by atoms with E-state index in [0.717, 1.165) is 36.0 Å². The maximum atomic E-state index is 14.2. The molecule has 1 fully saturated rings. The lowest BCUT2D eigenvalue weighted by Gasteiger charge is -2.48. The number of allylic oxidation sites excluding steroid dienone is 2. The molecule has 0 heterocycles. The van der Waals surface area contributed by atoms with Gasteiger partial charge in [0.1, 0.15) is 5.82 Å². The molecule has 2 atom stereocenters. The van der Waals surface area contributed by atoms with Gasteiger partial charge in [0.15, 0.2) is 5.78 Å². The SMILES string of the molecule is CC1=C2CCC[C@H](O)[C@@]2(Cc2ccccc2)C/C(=C/c2ccccc2F)C1=O. The van der Waals surface area contributed by atoms with E-state index in [1.807, 2.05) is 25.1 Å². The molecule has 2 aliphatic carbocycles. The number of benzene rings is 2. The molecular weight excluding hydrogens is 351 g/mol. The first-order chi connectivity index (χ1) is 13.5. The Hall–Kier alpha value is -2.52. The fourth-order valence-electron chi connectivity index (χ4n) is 4.93. The topological polar surface area (TPSA) is 37.3 Å². The van der Waals surface area contributed by atoms with Crippen molar-refractivity contribution >= 4 is 11.9 Å². The van der Waals surface area contributed by atoms with Crippen LogP contribution >= 0.6 is 0 Å². The maximum absolute atomic E-state index is 14.2. The Bertz CT molecular complexity index is 958. The van der Waals surface area contributed by atoms with Crippen molar-refractivity contribution in [1.29, 1.82) is 0 Å². The first-order valence-electron chi connectivity index (χ1n) is 9.93. The molecule has 2 aromatic rings. The summed E-state index contributed by atoms with van der Waals surface area (Å²) in [5.41, 5.74) is 3.47. The standard InChI is InChI=1S/C25H25FO2/c1-17-21-11-7-13-23(27)25(21,15-18-8-3-2-4-9-18)16-20(24(17)28)14-19-10-5-6-12-22(19)26/h2-6,8-10,12,14,23,27H,7,11,13,15-16H2,1H3/b20-14-/t23-,25-/m0/s1. The molecule has 0 aromatic heterocycles. The molecule has 3 heteroatoms. The molecule has 0 spiro atoms. The monoisotopic (exact) mass is 376 g/mol. The highest BCUT2D eigenvalue weighted by Crippen LogP contribution is 2.52. The number of Topliss-reactive ketones (excluding diaryl/α,β-unsaturated/α-hetero) is 1. The second-order valence-electron chi connectivity index (χ2n) is 8.03. The van der Waals surface area contributed by atoms with Crippen LogP contribution in [0.4, 0.5) is 4.39 Å². The smallest absolute Gasteiger partial charge is 0.184 e. The summed E-state index contributed by atoms with van der Waals surface area (Å²) in [6.07, 6.45) is 4.75. The number of rotatable bonds is 3. The fraction of sp³-hybridized carbons (Fsp3) is 0.320. The van der Waals surface area contributed by atoms with Gasteiger partial charge in [-0.2, -0.15) is 0 Å². The Labute approximate surface area is 165 Å². The van der Waals surface area contributed by atoms with E-state index in [-0.39, 0.29) is 11.6 Å². The third kappa shape index (κ3) is 3.24. The second-order valence-corrected chi connectivity index (χ2v) is 8.03. The van der Waals surface area contributed by atoms with Crippen molar-refractivity contribution in [3.8, 4) is 0 Å². The van der Waals surface area contributed by atoms with Gasteiger partial charge in [-0.15, -0.1) is 0 Å². The maximum Gasteiger partial charge on any atom is 0.184 e. The number of fused-ring (bicyclic) bond motifs is 1. The number of halogens is 1. The number of ketones is 1. The van der Waals surface area contributed by atoms with Crippen molar-refractivity contribution in [2.45, 2.75) is 45.1 Å². The molecule has 28 heavy (non-hydrogen) atoms. The third-order valence-electron chi connectivity index (χ3n) is 6.33. The van der Waals surface area contributed by atoms with Crippen LogP contribution in [0.15, 0.2) is 71.3 Å². The predicted molar refractivity (Wildman–Crippen MR) is 109 cm³/mol. The number of hydrogen-bond acceptors (Lipinski definition) is 2. The zero-order valence-corrected chi connectivity index (χ0v) is 16.1. The minimum atomic E-state index is -0.511. The van der Waals surface area contributed by atoms with Crippen LogP contribution in [0.3, 0.4) is 0 Å². The lowest BCUT2D eigenvalue weighted by atomic mass is 9.57. The van der Waals surface area contributed by atoms with Gasteiger partial charge in [-0.05, 0) is 62.3 Å². The van der Waals surface area contributed by atoms with Crippen molar-refractivity contribution < 1.29 is 14.3 Å². The summed E-state index contributed by atoms with van der Waals surface area (Å²) in [7, 11) is 0. The Balaban J connectivity index is 1.83. The molecule has 0 radical (unpaired) electrons. The minimum absolute atomic E-state index is 0.0176. The lowest BCUT2D eigenvalue weighted by molar-refractivity contribution is -0.113. The summed E-state index contributed by atoms with van der Waals surface area (Å²) in [5.74, 6) is -0.354. The van der Waals surface area contributed by atoms with Crippen LogP contribution in [-0.2, 0) is 11.2 Å².